The third-order valence-corrected chi connectivity index (χ3v) is 5.88. The second-order valence-electron chi connectivity index (χ2n) is 5.00. The lowest BCUT2D eigenvalue weighted by molar-refractivity contribution is 0.548. The van der Waals surface area contributed by atoms with E-state index in [1.54, 1.807) is 6.07 Å². The van der Waals surface area contributed by atoms with Gasteiger partial charge in [0.1, 0.15) is 11.3 Å². The fourth-order valence-electron chi connectivity index (χ4n) is 2.78. The minimum absolute atomic E-state index is 0.0679. The van der Waals surface area contributed by atoms with Crippen LogP contribution in [0.5, 0.6) is 0 Å². The Morgan fingerprint density at radius 2 is 2.20 bits per heavy atom. The highest BCUT2D eigenvalue weighted by Crippen LogP contribution is 2.32. The highest BCUT2D eigenvalue weighted by Gasteiger charge is 2.31. The van der Waals surface area contributed by atoms with Crippen LogP contribution >= 0.6 is 23.2 Å². The molecule has 1 aromatic heterocycles. The van der Waals surface area contributed by atoms with E-state index in [-0.39, 0.29) is 17.5 Å². The molecule has 1 unspecified atom stereocenters. The summed E-state index contributed by atoms with van der Waals surface area (Å²) in [7, 11) is -2.95. The van der Waals surface area contributed by atoms with Gasteiger partial charge in [-0.2, -0.15) is 0 Å². The van der Waals surface area contributed by atoms with Crippen molar-refractivity contribution < 1.29 is 8.42 Å². The van der Waals surface area contributed by atoms with Gasteiger partial charge in [0, 0.05) is 12.3 Å². The summed E-state index contributed by atoms with van der Waals surface area (Å²) in [6.07, 6.45) is 1.22. The summed E-state index contributed by atoms with van der Waals surface area (Å²) in [6.45, 7) is 0. The summed E-state index contributed by atoms with van der Waals surface area (Å²) in [5.41, 5.74) is 1.61. The Hall–Kier alpha value is -0.780. The predicted octanol–water partition coefficient (Wildman–Crippen LogP) is 2.83. The topological polar surface area (TPSA) is 52.0 Å². The molecule has 0 saturated carbocycles. The van der Waals surface area contributed by atoms with Gasteiger partial charge in [0.05, 0.1) is 28.1 Å². The number of hydrogen-bond acceptors (Lipinski definition) is 3. The summed E-state index contributed by atoms with van der Waals surface area (Å²) in [5, 5.41) is 0.581. The summed E-state index contributed by atoms with van der Waals surface area (Å²) in [5.74, 6) is 1.66. The first-order valence-corrected chi connectivity index (χ1v) is 9.17. The molecule has 4 nitrogen and oxygen atoms in total. The number of rotatable bonds is 3. The maximum Gasteiger partial charge on any atom is 0.152 e. The Balaban J connectivity index is 2.17. The lowest BCUT2D eigenvalue weighted by Crippen LogP contribution is -2.14. The van der Waals surface area contributed by atoms with Gasteiger partial charge >= 0.3 is 0 Å². The van der Waals surface area contributed by atoms with Gasteiger partial charge < -0.3 is 4.57 Å². The number of para-hydroxylation sites is 1. The zero-order valence-electron chi connectivity index (χ0n) is 10.7. The molecule has 7 heteroatoms. The summed E-state index contributed by atoms with van der Waals surface area (Å²) >= 11 is 12.0. The molecule has 20 heavy (non-hydrogen) atoms. The van der Waals surface area contributed by atoms with Crippen molar-refractivity contribution in [2.45, 2.75) is 18.9 Å². The number of alkyl halides is 1. The quantitative estimate of drug-likeness (QED) is 0.812. The predicted molar refractivity (Wildman–Crippen MR) is 81.5 cm³/mol. The molecule has 0 bridgehead atoms. The molecule has 108 valence electrons. The van der Waals surface area contributed by atoms with E-state index in [4.69, 9.17) is 23.2 Å². The molecule has 1 atom stereocenters. The molecule has 0 spiro atoms. The molecular formula is C13H14Cl2N2O2S. The van der Waals surface area contributed by atoms with Gasteiger partial charge in [0.2, 0.25) is 0 Å². The summed E-state index contributed by atoms with van der Waals surface area (Å²) in [6, 6.07) is 5.51. The van der Waals surface area contributed by atoms with Crippen LogP contribution in [0.2, 0.25) is 5.02 Å². The van der Waals surface area contributed by atoms with Gasteiger partial charge in [-0.3, -0.25) is 0 Å². The van der Waals surface area contributed by atoms with Crippen LogP contribution in [0.1, 0.15) is 18.3 Å². The molecule has 1 saturated heterocycles. The number of halogens is 2. The van der Waals surface area contributed by atoms with Crippen LogP contribution < -0.4 is 0 Å². The van der Waals surface area contributed by atoms with Crippen molar-refractivity contribution in [3.05, 3.63) is 29.0 Å². The normalized spacial score (nSPS) is 21.6. The van der Waals surface area contributed by atoms with E-state index >= 15 is 0 Å². The lowest BCUT2D eigenvalue weighted by atomic mass is 10.2. The fraction of sp³-hybridized carbons (Fsp3) is 0.462. The molecular weight excluding hydrogens is 319 g/mol. The van der Waals surface area contributed by atoms with E-state index in [1.165, 1.54) is 0 Å². The second-order valence-corrected chi connectivity index (χ2v) is 8.02. The van der Waals surface area contributed by atoms with E-state index in [1.807, 2.05) is 16.7 Å². The molecule has 1 aliphatic rings. The van der Waals surface area contributed by atoms with E-state index in [2.05, 4.69) is 4.98 Å². The maximum absolute atomic E-state index is 11.7. The van der Waals surface area contributed by atoms with Gasteiger partial charge in [-0.15, -0.1) is 11.6 Å². The fourth-order valence-corrected chi connectivity index (χ4v) is 4.86. The Labute approximate surface area is 127 Å². The van der Waals surface area contributed by atoms with Gasteiger partial charge in [-0.05, 0) is 18.6 Å². The zero-order chi connectivity index (χ0) is 14.3. The number of aromatic nitrogens is 2. The van der Waals surface area contributed by atoms with Crippen molar-refractivity contribution in [3.8, 4) is 0 Å². The van der Waals surface area contributed by atoms with Crippen LogP contribution in [0.4, 0.5) is 0 Å². The number of imidazole rings is 1. The third-order valence-electron chi connectivity index (χ3n) is 3.64. The average molecular weight is 333 g/mol. The largest absolute Gasteiger partial charge is 0.324 e. The molecule has 0 aliphatic carbocycles. The smallest absolute Gasteiger partial charge is 0.152 e. The van der Waals surface area contributed by atoms with E-state index in [0.29, 0.717) is 23.7 Å². The van der Waals surface area contributed by atoms with Crippen LogP contribution in [-0.2, 0) is 16.3 Å². The number of hydrogen-bond donors (Lipinski definition) is 0. The minimum Gasteiger partial charge on any atom is -0.324 e. The molecule has 1 aliphatic heterocycles. The molecule has 3 rings (SSSR count). The Morgan fingerprint density at radius 3 is 2.85 bits per heavy atom. The van der Waals surface area contributed by atoms with Gasteiger partial charge in [0.15, 0.2) is 9.84 Å². The number of benzene rings is 1. The molecule has 1 fully saturated rings. The van der Waals surface area contributed by atoms with Crippen molar-refractivity contribution in [1.82, 2.24) is 9.55 Å². The van der Waals surface area contributed by atoms with E-state index in [0.717, 1.165) is 16.9 Å². The number of sulfone groups is 1. The summed E-state index contributed by atoms with van der Waals surface area (Å²) < 4.78 is 25.5. The first-order valence-electron chi connectivity index (χ1n) is 6.43. The van der Waals surface area contributed by atoms with Crippen molar-refractivity contribution in [3.63, 3.8) is 0 Å². The molecule has 0 radical (unpaired) electrons. The first kappa shape index (κ1) is 14.2. The molecule has 2 heterocycles. The third kappa shape index (κ3) is 2.43. The monoisotopic (exact) mass is 332 g/mol. The van der Waals surface area contributed by atoms with Gasteiger partial charge in [0.25, 0.3) is 0 Å². The minimum atomic E-state index is -2.95. The molecule has 1 aromatic carbocycles. The van der Waals surface area contributed by atoms with Crippen LogP contribution in [0.25, 0.3) is 11.0 Å². The van der Waals surface area contributed by atoms with Crippen LogP contribution in [0, 0.1) is 0 Å². The Kier molecular flexibility index (Phi) is 3.69. The SMILES string of the molecule is O=S1(=O)CCC(n2c(CCCl)nc3c(Cl)cccc32)C1. The van der Waals surface area contributed by atoms with Crippen LogP contribution in [0.15, 0.2) is 18.2 Å². The van der Waals surface area contributed by atoms with E-state index in [9.17, 15) is 8.42 Å². The Morgan fingerprint density at radius 1 is 1.40 bits per heavy atom. The van der Waals surface area contributed by atoms with Crippen molar-refractivity contribution >= 4 is 44.1 Å². The van der Waals surface area contributed by atoms with Crippen molar-refractivity contribution in [2.24, 2.45) is 0 Å². The highest BCUT2D eigenvalue weighted by atomic mass is 35.5. The van der Waals surface area contributed by atoms with Crippen molar-refractivity contribution in [1.29, 1.82) is 0 Å². The van der Waals surface area contributed by atoms with Gasteiger partial charge in [-0.25, -0.2) is 13.4 Å². The van der Waals surface area contributed by atoms with Gasteiger partial charge in [-0.1, -0.05) is 17.7 Å². The first-order chi connectivity index (χ1) is 9.52. The summed E-state index contributed by atoms with van der Waals surface area (Å²) in [4.78, 5) is 4.55. The zero-order valence-corrected chi connectivity index (χ0v) is 13.0. The average Bonchev–Trinajstić information content (AvgIpc) is 2.91. The molecule has 0 N–H and O–H groups in total. The van der Waals surface area contributed by atoms with Crippen LogP contribution in [0.3, 0.4) is 0 Å². The highest BCUT2D eigenvalue weighted by molar-refractivity contribution is 7.91. The number of nitrogens with zero attached hydrogens (tertiary/aromatic N) is 2. The lowest BCUT2D eigenvalue weighted by Gasteiger charge is -2.14. The Bertz CT molecular complexity index is 755. The van der Waals surface area contributed by atoms with Crippen molar-refractivity contribution in [2.75, 3.05) is 17.4 Å². The number of fused-ring (bicyclic) bond motifs is 1. The molecule has 2 aromatic rings. The maximum atomic E-state index is 11.7. The van der Waals surface area contributed by atoms with Crippen LogP contribution in [-0.4, -0.2) is 35.4 Å². The second kappa shape index (κ2) is 5.20. The molecule has 0 amide bonds. The van der Waals surface area contributed by atoms with E-state index < -0.39 is 9.84 Å². The standard InChI is InChI=1S/C13H14Cl2N2O2S/c14-6-4-12-16-13-10(15)2-1-3-11(13)17(12)9-5-7-20(18,19)8-9/h1-3,9H,4-8H2. The number of aryl methyl sites for hydroxylation is 1.